The molecule has 0 aromatic heterocycles. The van der Waals surface area contributed by atoms with Gasteiger partial charge in [0.2, 0.25) is 0 Å². The molecule has 0 radical (unpaired) electrons. The third-order valence-corrected chi connectivity index (χ3v) is 2.66. The van der Waals surface area contributed by atoms with Crippen LogP contribution in [0.1, 0.15) is 12.5 Å². The first-order valence-corrected chi connectivity index (χ1v) is 4.95. The van der Waals surface area contributed by atoms with E-state index in [1.807, 2.05) is 6.07 Å². The summed E-state index contributed by atoms with van der Waals surface area (Å²) in [4.78, 5) is 0. The molecule has 12 heavy (non-hydrogen) atoms. The van der Waals surface area contributed by atoms with Crippen LogP contribution in [0.4, 0.5) is 0 Å². The zero-order valence-corrected chi connectivity index (χ0v) is 8.54. The maximum absolute atomic E-state index is 5.35. The molecule has 0 N–H and O–H groups in total. The Morgan fingerprint density at radius 1 is 1.50 bits per heavy atom. The Balaban J connectivity index is 2.03. The zero-order chi connectivity index (χ0) is 8.55. The molecule has 1 aliphatic heterocycles. The van der Waals surface area contributed by atoms with Crippen LogP contribution in [0.5, 0.6) is 0 Å². The van der Waals surface area contributed by atoms with Crippen molar-refractivity contribution >= 4 is 15.9 Å². The second-order valence-electron chi connectivity index (χ2n) is 3.21. The number of hydrogen-bond donors (Lipinski definition) is 0. The van der Waals surface area contributed by atoms with Crippen LogP contribution in [0.25, 0.3) is 0 Å². The Kier molecular flexibility index (Phi) is 2.20. The summed E-state index contributed by atoms with van der Waals surface area (Å²) in [5, 5.41) is 0. The lowest BCUT2D eigenvalue weighted by Crippen LogP contribution is -1.95. The topological polar surface area (TPSA) is 12.5 Å². The minimum absolute atomic E-state index is 0.458. The smallest absolute Gasteiger partial charge is 0.0879 e. The third kappa shape index (κ3) is 1.87. The van der Waals surface area contributed by atoms with Crippen molar-refractivity contribution in [1.82, 2.24) is 0 Å². The highest BCUT2D eigenvalue weighted by molar-refractivity contribution is 9.10. The van der Waals surface area contributed by atoms with Gasteiger partial charge in [-0.2, -0.15) is 0 Å². The molecule has 1 aromatic rings. The molecule has 1 heterocycles. The first kappa shape index (κ1) is 8.27. The summed E-state index contributed by atoms with van der Waals surface area (Å²) in [5.74, 6) is 0. The van der Waals surface area contributed by atoms with Crippen LogP contribution in [-0.4, -0.2) is 12.2 Å². The zero-order valence-electron chi connectivity index (χ0n) is 6.96. The molecule has 0 aliphatic carbocycles. The molecule has 1 fully saturated rings. The van der Waals surface area contributed by atoms with Crippen molar-refractivity contribution < 1.29 is 4.74 Å². The van der Waals surface area contributed by atoms with Crippen molar-refractivity contribution in [3.05, 3.63) is 34.3 Å². The molecule has 0 bridgehead atoms. The highest BCUT2D eigenvalue weighted by atomic mass is 79.9. The van der Waals surface area contributed by atoms with Gasteiger partial charge in [-0.15, -0.1) is 0 Å². The van der Waals surface area contributed by atoms with Crippen LogP contribution >= 0.6 is 15.9 Å². The van der Waals surface area contributed by atoms with Gasteiger partial charge in [0.25, 0.3) is 0 Å². The molecule has 1 aliphatic rings. The van der Waals surface area contributed by atoms with Crippen LogP contribution in [0.2, 0.25) is 0 Å². The van der Waals surface area contributed by atoms with Gasteiger partial charge in [-0.1, -0.05) is 28.1 Å². The Morgan fingerprint density at radius 2 is 2.25 bits per heavy atom. The number of halogens is 1. The Bertz CT molecular complexity index is 285. The summed E-state index contributed by atoms with van der Waals surface area (Å²) in [6, 6.07) is 8.39. The maximum Gasteiger partial charge on any atom is 0.0879 e. The second kappa shape index (κ2) is 3.19. The summed E-state index contributed by atoms with van der Waals surface area (Å²) in [5.41, 5.74) is 1.35. The van der Waals surface area contributed by atoms with Gasteiger partial charge in [-0.05, 0) is 24.6 Å². The van der Waals surface area contributed by atoms with Gasteiger partial charge in [0.1, 0.15) is 0 Å². The number of benzene rings is 1. The predicted molar refractivity (Wildman–Crippen MR) is 52.2 cm³/mol. The summed E-state index contributed by atoms with van der Waals surface area (Å²) in [7, 11) is 0. The summed E-state index contributed by atoms with van der Waals surface area (Å²) in [6.07, 6.45) is 1.96. The molecule has 2 rings (SSSR count). The van der Waals surface area contributed by atoms with E-state index in [9.17, 15) is 0 Å². The van der Waals surface area contributed by atoms with Gasteiger partial charge in [0.15, 0.2) is 0 Å². The predicted octanol–water partition coefficient (Wildman–Crippen LogP) is 2.78. The standard InChI is InChI=1S/C10H11BrO/c1-7-10(12-7)6-8-3-2-4-9(11)5-8/h2-5,7,10H,6H2,1H3. The highest BCUT2D eigenvalue weighted by Crippen LogP contribution is 2.25. The summed E-state index contributed by atoms with van der Waals surface area (Å²) < 4.78 is 6.49. The van der Waals surface area contributed by atoms with Crippen LogP contribution in [-0.2, 0) is 11.2 Å². The average Bonchev–Trinajstić information content (AvgIpc) is 2.66. The van der Waals surface area contributed by atoms with Crippen molar-refractivity contribution in [2.45, 2.75) is 25.6 Å². The van der Waals surface area contributed by atoms with E-state index >= 15 is 0 Å². The molecule has 64 valence electrons. The number of ether oxygens (including phenoxy) is 1. The van der Waals surface area contributed by atoms with Gasteiger partial charge in [-0.3, -0.25) is 0 Å². The van der Waals surface area contributed by atoms with Crippen LogP contribution in [0.15, 0.2) is 28.7 Å². The summed E-state index contributed by atoms with van der Waals surface area (Å²) >= 11 is 3.45. The molecule has 0 amide bonds. The fourth-order valence-corrected chi connectivity index (χ4v) is 1.79. The molecule has 0 saturated carbocycles. The van der Waals surface area contributed by atoms with E-state index in [1.165, 1.54) is 5.56 Å². The molecule has 1 aromatic carbocycles. The van der Waals surface area contributed by atoms with Gasteiger partial charge in [0, 0.05) is 10.9 Å². The number of epoxide rings is 1. The minimum atomic E-state index is 0.458. The van der Waals surface area contributed by atoms with E-state index in [0.29, 0.717) is 12.2 Å². The van der Waals surface area contributed by atoms with Crippen molar-refractivity contribution in [2.75, 3.05) is 0 Å². The molecule has 2 heteroatoms. The second-order valence-corrected chi connectivity index (χ2v) is 4.13. The highest BCUT2D eigenvalue weighted by Gasteiger charge is 2.33. The van der Waals surface area contributed by atoms with E-state index in [1.54, 1.807) is 0 Å². The largest absolute Gasteiger partial charge is 0.370 e. The lowest BCUT2D eigenvalue weighted by molar-refractivity contribution is 0.378. The molecule has 1 nitrogen and oxygen atoms in total. The first-order valence-electron chi connectivity index (χ1n) is 4.15. The number of hydrogen-bond acceptors (Lipinski definition) is 1. The molecule has 2 atom stereocenters. The normalized spacial score (nSPS) is 27.2. The quantitative estimate of drug-likeness (QED) is 0.707. The fourth-order valence-electron chi connectivity index (χ4n) is 1.34. The van der Waals surface area contributed by atoms with E-state index in [2.05, 4.69) is 41.1 Å². The van der Waals surface area contributed by atoms with E-state index in [4.69, 9.17) is 4.74 Å². The van der Waals surface area contributed by atoms with Crippen molar-refractivity contribution in [2.24, 2.45) is 0 Å². The Labute approximate surface area is 80.9 Å². The number of rotatable bonds is 2. The van der Waals surface area contributed by atoms with Crippen LogP contribution in [0.3, 0.4) is 0 Å². The van der Waals surface area contributed by atoms with Crippen molar-refractivity contribution in [1.29, 1.82) is 0 Å². The lowest BCUT2D eigenvalue weighted by atomic mass is 10.1. The SMILES string of the molecule is CC1OC1Cc1cccc(Br)c1. The molecule has 2 unspecified atom stereocenters. The van der Waals surface area contributed by atoms with Gasteiger partial charge < -0.3 is 4.74 Å². The molecule has 0 spiro atoms. The molecular formula is C10H11BrO. The van der Waals surface area contributed by atoms with Gasteiger partial charge in [0.05, 0.1) is 12.2 Å². The molecular weight excluding hydrogens is 216 g/mol. The Hall–Kier alpha value is -0.340. The van der Waals surface area contributed by atoms with Crippen LogP contribution in [0, 0.1) is 0 Å². The van der Waals surface area contributed by atoms with Crippen molar-refractivity contribution in [3.8, 4) is 0 Å². The van der Waals surface area contributed by atoms with Crippen LogP contribution < -0.4 is 0 Å². The minimum Gasteiger partial charge on any atom is -0.370 e. The van der Waals surface area contributed by atoms with Gasteiger partial charge in [-0.25, -0.2) is 0 Å². The van der Waals surface area contributed by atoms with Gasteiger partial charge >= 0.3 is 0 Å². The third-order valence-electron chi connectivity index (χ3n) is 2.16. The van der Waals surface area contributed by atoms with E-state index in [-0.39, 0.29) is 0 Å². The van der Waals surface area contributed by atoms with E-state index < -0.39 is 0 Å². The first-order chi connectivity index (χ1) is 5.75. The molecule has 1 saturated heterocycles. The van der Waals surface area contributed by atoms with E-state index in [0.717, 1.165) is 10.9 Å². The lowest BCUT2D eigenvalue weighted by Gasteiger charge is -1.97. The fraction of sp³-hybridized carbons (Fsp3) is 0.400. The monoisotopic (exact) mass is 226 g/mol. The maximum atomic E-state index is 5.35. The van der Waals surface area contributed by atoms with Crippen molar-refractivity contribution in [3.63, 3.8) is 0 Å². The summed E-state index contributed by atoms with van der Waals surface area (Å²) in [6.45, 7) is 2.11. The Morgan fingerprint density at radius 3 is 2.83 bits per heavy atom. The average molecular weight is 227 g/mol.